The van der Waals surface area contributed by atoms with E-state index in [4.69, 9.17) is 4.74 Å². The van der Waals surface area contributed by atoms with Crippen molar-refractivity contribution in [3.05, 3.63) is 71.3 Å². The number of esters is 1. The highest BCUT2D eigenvalue weighted by molar-refractivity contribution is 5.96. The standard InChI is InChI=1S/C23H27NO3/c1-27-23(26)21(16-18-7-3-2-4-8-18)24-22(25)20-13-11-19(12-14-20)15-17-9-5-6-10-17/h2-4,7-8,11-14,17,21H,5-6,9-10,15-16H2,1H3,(H,24,25)/t21-/m0/s1. The van der Waals surface area contributed by atoms with E-state index in [0.29, 0.717) is 12.0 Å². The summed E-state index contributed by atoms with van der Waals surface area (Å²) in [6.07, 6.45) is 6.77. The fourth-order valence-electron chi connectivity index (χ4n) is 3.77. The van der Waals surface area contributed by atoms with Gasteiger partial charge in [0.15, 0.2) is 0 Å². The fourth-order valence-corrected chi connectivity index (χ4v) is 3.77. The molecule has 27 heavy (non-hydrogen) atoms. The number of carbonyl (C=O) groups excluding carboxylic acids is 2. The number of hydrogen-bond acceptors (Lipinski definition) is 3. The first-order valence-electron chi connectivity index (χ1n) is 9.67. The van der Waals surface area contributed by atoms with Crippen LogP contribution in [0.2, 0.25) is 0 Å². The molecule has 142 valence electrons. The van der Waals surface area contributed by atoms with Crippen LogP contribution in [0.15, 0.2) is 54.6 Å². The third kappa shape index (κ3) is 5.43. The summed E-state index contributed by atoms with van der Waals surface area (Å²) in [6.45, 7) is 0. The Morgan fingerprint density at radius 1 is 1.00 bits per heavy atom. The zero-order chi connectivity index (χ0) is 19.1. The van der Waals surface area contributed by atoms with Crippen molar-refractivity contribution < 1.29 is 14.3 Å². The molecular weight excluding hydrogens is 338 g/mol. The largest absolute Gasteiger partial charge is 0.467 e. The zero-order valence-electron chi connectivity index (χ0n) is 15.8. The highest BCUT2D eigenvalue weighted by atomic mass is 16.5. The van der Waals surface area contributed by atoms with Gasteiger partial charge in [-0.1, -0.05) is 68.1 Å². The molecule has 1 saturated carbocycles. The summed E-state index contributed by atoms with van der Waals surface area (Å²) in [5.74, 6) is 0.0815. The highest BCUT2D eigenvalue weighted by Gasteiger charge is 2.22. The Morgan fingerprint density at radius 2 is 1.67 bits per heavy atom. The second kappa shape index (κ2) is 9.36. The number of amides is 1. The Bertz CT molecular complexity index is 749. The number of rotatable bonds is 7. The van der Waals surface area contributed by atoms with E-state index in [1.54, 1.807) is 0 Å². The summed E-state index contributed by atoms with van der Waals surface area (Å²) in [6, 6.07) is 16.6. The molecule has 1 amide bonds. The SMILES string of the molecule is COC(=O)[C@H](Cc1ccccc1)NC(=O)c1ccc(CC2CCCC2)cc1. The van der Waals surface area contributed by atoms with Crippen molar-refractivity contribution in [1.82, 2.24) is 5.32 Å². The topological polar surface area (TPSA) is 55.4 Å². The van der Waals surface area contributed by atoms with E-state index in [2.05, 4.69) is 5.32 Å². The second-order valence-corrected chi connectivity index (χ2v) is 7.29. The highest BCUT2D eigenvalue weighted by Crippen LogP contribution is 2.28. The van der Waals surface area contributed by atoms with Crippen LogP contribution in [0.1, 0.15) is 47.2 Å². The maximum Gasteiger partial charge on any atom is 0.328 e. The third-order valence-corrected chi connectivity index (χ3v) is 5.29. The molecule has 2 aromatic carbocycles. The predicted octanol–water partition coefficient (Wildman–Crippen LogP) is 3.93. The van der Waals surface area contributed by atoms with Gasteiger partial charge in [0.05, 0.1) is 7.11 Å². The molecule has 2 aromatic rings. The molecule has 0 radical (unpaired) electrons. The number of ether oxygens (including phenoxy) is 1. The van der Waals surface area contributed by atoms with Crippen molar-refractivity contribution in [3.8, 4) is 0 Å². The van der Waals surface area contributed by atoms with E-state index in [1.807, 2.05) is 54.6 Å². The molecule has 0 spiro atoms. The van der Waals surface area contributed by atoms with Crippen LogP contribution in [0, 0.1) is 5.92 Å². The van der Waals surface area contributed by atoms with E-state index in [-0.39, 0.29) is 5.91 Å². The minimum atomic E-state index is -0.705. The monoisotopic (exact) mass is 365 g/mol. The molecule has 0 unspecified atom stereocenters. The van der Waals surface area contributed by atoms with Crippen molar-refractivity contribution in [2.24, 2.45) is 5.92 Å². The summed E-state index contributed by atoms with van der Waals surface area (Å²) in [7, 11) is 1.34. The molecule has 1 aliphatic carbocycles. The molecule has 4 nitrogen and oxygen atoms in total. The molecule has 1 fully saturated rings. The summed E-state index contributed by atoms with van der Waals surface area (Å²) in [5.41, 5.74) is 2.81. The smallest absolute Gasteiger partial charge is 0.328 e. The van der Waals surface area contributed by atoms with Gasteiger partial charge in [0.25, 0.3) is 5.91 Å². The van der Waals surface area contributed by atoms with E-state index < -0.39 is 12.0 Å². The molecule has 1 aliphatic rings. The number of carbonyl (C=O) groups is 2. The molecule has 0 saturated heterocycles. The Labute approximate surface area is 160 Å². The van der Waals surface area contributed by atoms with Gasteiger partial charge in [-0.25, -0.2) is 4.79 Å². The summed E-state index contributed by atoms with van der Waals surface area (Å²) < 4.78 is 4.86. The zero-order valence-corrected chi connectivity index (χ0v) is 15.8. The second-order valence-electron chi connectivity index (χ2n) is 7.29. The molecule has 3 rings (SSSR count). The van der Waals surface area contributed by atoms with Crippen LogP contribution in [0.25, 0.3) is 0 Å². The van der Waals surface area contributed by atoms with Crippen molar-refractivity contribution in [1.29, 1.82) is 0 Å². The first-order chi connectivity index (χ1) is 13.2. The molecule has 0 heterocycles. The molecule has 1 atom stereocenters. The Kier molecular flexibility index (Phi) is 6.64. The number of methoxy groups -OCH3 is 1. The quantitative estimate of drug-likeness (QED) is 0.756. The number of benzene rings is 2. The lowest BCUT2D eigenvalue weighted by Crippen LogP contribution is -2.43. The van der Waals surface area contributed by atoms with E-state index >= 15 is 0 Å². The van der Waals surface area contributed by atoms with Crippen LogP contribution in [-0.2, 0) is 22.4 Å². The van der Waals surface area contributed by atoms with Gasteiger partial charge < -0.3 is 10.1 Å². The van der Waals surface area contributed by atoms with Gasteiger partial charge in [0, 0.05) is 12.0 Å². The summed E-state index contributed by atoms with van der Waals surface area (Å²) in [4.78, 5) is 24.7. The van der Waals surface area contributed by atoms with Crippen LogP contribution in [0.4, 0.5) is 0 Å². The molecular formula is C23H27NO3. The third-order valence-electron chi connectivity index (χ3n) is 5.29. The van der Waals surface area contributed by atoms with Crippen molar-refractivity contribution in [3.63, 3.8) is 0 Å². The molecule has 4 heteroatoms. The first-order valence-corrected chi connectivity index (χ1v) is 9.67. The first kappa shape index (κ1) is 19.2. The van der Waals surface area contributed by atoms with Gasteiger partial charge in [-0.05, 0) is 35.6 Å². The predicted molar refractivity (Wildman–Crippen MR) is 106 cm³/mol. The van der Waals surface area contributed by atoms with E-state index in [1.165, 1.54) is 38.4 Å². The van der Waals surface area contributed by atoms with Crippen molar-refractivity contribution in [2.75, 3.05) is 7.11 Å². The van der Waals surface area contributed by atoms with Crippen LogP contribution < -0.4 is 5.32 Å². The van der Waals surface area contributed by atoms with Gasteiger partial charge >= 0.3 is 5.97 Å². The van der Waals surface area contributed by atoms with Crippen LogP contribution in [0.3, 0.4) is 0 Å². The van der Waals surface area contributed by atoms with Gasteiger partial charge in [0.2, 0.25) is 0 Å². The maximum absolute atomic E-state index is 12.6. The summed E-state index contributed by atoms with van der Waals surface area (Å²) >= 11 is 0. The van der Waals surface area contributed by atoms with E-state index in [9.17, 15) is 9.59 Å². The average molecular weight is 365 g/mol. The minimum Gasteiger partial charge on any atom is -0.467 e. The van der Waals surface area contributed by atoms with Crippen molar-refractivity contribution in [2.45, 2.75) is 44.6 Å². The Hall–Kier alpha value is -2.62. The van der Waals surface area contributed by atoms with Gasteiger partial charge in [-0.3, -0.25) is 4.79 Å². The molecule has 1 N–H and O–H groups in total. The lowest BCUT2D eigenvalue weighted by molar-refractivity contribution is -0.142. The number of hydrogen-bond donors (Lipinski definition) is 1. The average Bonchev–Trinajstić information content (AvgIpc) is 3.21. The normalized spacial score (nSPS) is 15.3. The molecule has 0 aromatic heterocycles. The summed E-state index contributed by atoms with van der Waals surface area (Å²) in [5, 5.41) is 2.81. The Morgan fingerprint density at radius 3 is 2.30 bits per heavy atom. The van der Waals surface area contributed by atoms with E-state index in [0.717, 1.165) is 17.9 Å². The Balaban J connectivity index is 1.63. The van der Waals surface area contributed by atoms with Crippen LogP contribution in [0.5, 0.6) is 0 Å². The van der Waals surface area contributed by atoms with Gasteiger partial charge in [-0.15, -0.1) is 0 Å². The lowest BCUT2D eigenvalue weighted by atomic mass is 9.97. The maximum atomic E-state index is 12.6. The number of nitrogens with one attached hydrogen (secondary N) is 1. The van der Waals surface area contributed by atoms with Gasteiger partial charge in [-0.2, -0.15) is 0 Å². The molecule has 0 aliphatic heterocycles. The van der Waals surface area contributed by atoms with Crippen molar-refractivity contribution >= 4 is 11.9 Å². The molecule has 0 bridgehead atoms. The van der Waals surface area contributed by atoms with Crippen LogP contribution >= 0.6 is 0 Å². The van der Waals surface area contributed by atoms with Crippen LogP contribution in [-0.4, -0.2) is 25.0 Å². The minimum absolute atomic E-state index is 0.256. The lowest BCUT2D eigenvalue weighted by Gasteiger charge is -2.17. The van der Waals surface area contributed by atoms with Gasteiger partial charge in [0.1, 0.15) is 6.04 Å². The fraction of sp³-hybridized carbons (Fsp3) is 0.391.